The zero-order chi connectivity index (χ0) is 26.8. The van der Waals surface area contributed by atoms with E-state index in [1.54, 1.807) is 41.1 Å². The summed E-state index contributed by atoms with van der Waals surface area (Å²) in [5.41, 5.74) is 10.3. The van der Waals surface area contributed by atoms with Crippen LogP contribution in [0.25, 0.3) is 38.9 Å². The van der Waals surface area contributed by atoms with E-state index in [0.29, 0.717) is 51.2 Å². The van der Waals surface area contributed by atoms with Gasteiger partial charge in [-0.05, 0) is 48.4 Å². The van der Waals surface area contributed by atoms with E-state index < -0.39 is 5.91 Å². The molecule has 0 radical (unpaired) electrons. The number of morpholine rings is 1. The maximum absolute atomic E-state index is 13.1. The Kier molecular flexibility index (Phi) is 5.59. The standard InChI is InChI=1S/C29H21Cl2N5O3/c30-21-2-1-3-22(31)24(21)25-26(27(32)37)35-9-8-23-20(28(35)34-25)10-17(12-33-23)15-4-6-16(7-5-15)29(38)36-13-19-11-18(36)14-39-19/h1-10,12,18-19H,11,13-14H2,(H2,32,37)/t18-,19-/m0/s1. The second-order valence-electron chi connectivity index (χ2n) is 9.82. The van der Waals surface area contributed by atoms with Crippen LogP contribution < -0.4 is 5.73 Å². The number of primary amides is 1. The molecule has 3 aromatic heterocycles. The van der Waals surface area contributed by atoms with Crippen LogP contribution in [0.5, 0.6) is 0 Å². The van der Waals surface area contributed by atoms with E-state index >= 15 is 0 Å². The van der Waals surface area contributed by atoms with Crippen molar-refractivity contribution >= 4 is 51.6 Å². The molecule has 194 valence electrons. The van der Waals surface area contributed by atoms with Crippen LogP contribution in [0.3, 0.4) is 0 Å². The lowest BCUT2D eigenvalue weighted by molar-refractivity contribution is 0.0259. The van der Waals surface area contributed by atoms with Gasteiger partial charge >= 0.3 is 0 Å². The summed E-state index contributed by atoms with van der Waals surface area (Å²) in [6, 6.07) is 16.5. The fraction of sp³-hybridized carbons (Fsp3) is 0.172. The van der Waals surface area contributed by atoms with E-state index in [1.165, 1.54) is 0 Å². The number of ether oxygens (including phenoxy) is 1. The smallest absolute Gasteiger partial charge is 0.268 e. The number of amides is 2. The third-order valence-corrected chi connectivity index (χ3v) is 8.14. The second kappa shape index (κ2) is 9.05. The van der Waals surface area contributed by atoms with Crippen molar-refractivity contribution in [2.45, 2.75) is 18.6 Å². The third kappa shape index (κ3) is 3.86. The van der Waals surface area contributed by atoms with Crippen molar-refractivity contribution < 1.29 is 14.3 Å². The van der Waals surface area contributed by atoms with Gasteiger partial charge < -0.3 is 15.4 Å². The van der Waals surface area contributed by atoms with Crippen molar-refractivity contribution in [2.24, 2.45) is 5.73 Å². The summed E-state index contributed by atoms with van der Waals surface area (Å²) in [5, 5.41) is 1.45. The summed E-state index contributed by atoms with van der Waals surface area (Å²) < 4.78 is 7.26. The normalized spacial score (nSPS) is 18.4. The molecule has 2 atom stereocenters. The third-order valence-electron chi connectivity index (χ3n) is 7.51. The van der Waals surface area contributed by atoms with E-state index in [1.807, 2.05) is 35.2 Å². The van der Waals surface area contributed by atoms with Crippen LogP contribution in [-0.4, -0.2) is 56.4 Å². The van der Waals surface area contributed by atoms with Crippen molar-refractivity contribution in [1.29, 1.82) is 0 Å². The van der Waals surface area contributed by atoms with Gasteiger partial charge in [-0.2, -0.15) is 0 Å². The molecule has 0 spiro atoms. The molecule has 2 bridgehead atoms. The summed E-state index contributed by atoms with van der Waals surface area (Å²) in [4.78, 5) is 36.9. The topological polar surface area (TPSA) is 103 Å². The molecule has 2 fully saturated rings. The minimum absolute atomic E-state index is 0.0258. The zero-order valence-corrected chi connectivity index (χ0v) is 22.0. The largest absolute Gasteiger partial charge is 0.374 e. The van der Waals surface area contributed by atoms with E-state index in [-0.39, 0.29) is 23.7 Å². The predicted octanol–water partition coefficient (Wildman–Crippen LogP) is 5.24. The number of rotatable bonds is 4. The lowest BCUT2D eigenvalue weighted by Gasteiger charge is -2.27. The van der Waals surface area contributed by atoms with Crippen molar-refractivity contribution in [3.8, 4) is 22.4 Å². The minimum atomic E-state index is -0.657. The molecule has 5 aromatic rings. The fourth-order valence-corrected chi connectivity index (χ4v) is 6.19. The highest BCUT2D eigenvalue weighted by Gasteiger charge is 2.41. The van der Waals surface area contributed by atoms with Crippen LogP contribution in [0.15, 0.2) is 67.0 Å². The fourth-order valence-electron chi connectivity index (χ4n) is 5.61. The summed E-state index contributed by atoms with van der Waals surface area (Å²) in [6.45, 7) is 1.26. The van der Waals surface area contributed by atoms with E-state index in [4.69, 9.17) is 38.7 Å². The highest BCUT2D eigenvalue weighted by molar-refractivity contribution is 6.39. The van der Waals surface area contributed by atoms with Crippen molar-refractivity contribution in [2.75, 3.05) is 13.2 Å². The first-order chi connectivity index (χ1) is 18.9. The first-order valence-electron chi connectivity index (χ1n) is 12.5. The molecule has 0 saturated carbocycles. The Morgan fingerprint density at radius 2 is 1.79 bits per heavy atom. The van der Waals surface area contributed by atoms with Gasteiger partial charge in [-0.1, -0.05) is 41.4 Å². The number of benzene rings is 2. The summed E-state index contributed by atoms with van der Waals surface area (Å²) in [7, 11) is 0. The van der Waals surface area contributed by atoms with Gasteiger partial charge in [-0.15, -0.1) is 0 Å². The molecule has 39 heavy (non-hydrogen) atoms. The van der Waals surface area contributed by atoms with Crippen molar-refractivity contribution in [3.63, 3.8) is 0 Å². The maximum atomic E-state index is 13.1. The van der Waals surface area contributed by atoms with Gasteiger partial charge in [0.05, 0.1) is 34.3 Å². The molecule has 2 saturated heterocycles. The number of nitrogens with two attached hydrogens (primary N) is 1. The number of imidazole rings is 1. The molecular weight excluding hydrogens is 537 g/mol. The van der Waals surface area contributed by atoms with E-state index in [2.05, 4.69) is 4.98 Å². The number of fused-ring (bicyclic) bond motifs is 5. The molecule has 2 amide bonds. The molecule has 8 nitrogen and oxygen atoms in total. The lowest BCUT2D eigenvalue weighted by atomic mass is 10.0. The molecule has 7 rings (SSSR count). The van der Waals surface area contributed by atoms with E-state index in [0.717, 1.165) is 22.9 Å². The first-order valence-corrected chi connectivity index (χ1v) is 13.2. The number of pyridine rings is 2. The van der Waals surface area contributed by atoms with Crippen LogP contribution in [0.2, 0.25) is 10.0 Å². The quantitative estimate of drug-likeness (QED) is 0.325. The average Bonchev–Trinajstić information content (AvgIpc) is 3.67. The number of hydrogen-bond acceptors (Lipinski definition) is 5. The molecule has 0 unspecified atom stereocenters. The number of carbonyl (C=O) groups excluding carboxylic acids is 2. The minimum Gasteiger partial charge on any atom is -0.374 e. The summed E-state index contributed by atoms with van der Waals surface area (Å²) >= 11 is 12.9. The lowest BCUT2D eigenvalue weighted by Crippen LogP contribution is -2.41. The number of carbonyl (C=O) groups is 2. The molecule has 2 aliphatic heterocycles. The second-order valence-corrected chi connectivity index (χ2v) is 10.6. The molecule has 10 heteroatoms. The van der Waals surface area contributed by atoms with Gasteiger partial charge in [0, 0.05) is 41.0 Å². The Morgan fingerprint density at radius 3 is 2.46 bits per heavy atom. The van der Waals surface area contributed by atoms with Crippen LogP contribution in [0.1, 0.15) is 27.3 Å². The van der Waals surface area contributed by atoms with Gasteiger partial charge in [0.15, 0.2) is 0 Å². The molecule has 2 aliphatic rings. The number of halogens is 2. The highest BCUT2D eigenvalue weighted by atomic mass is 35.5. The Balaban J connectivity index is 1.31. The Morgan fingerprint density at radius 1 is 1.03 bits per heavy atom. The predicted molar refractivity (Wildman–Crippen MR) is 149 cm³/mol. The SMILES string of the molecule is NC(=O)c1c(-c2c(Cl)cccc2Cl)nc2c3cc(-c4ccc(C(=O)N5C[C@@H]6C[C@H]5CO6)cc4)cnc3ccn12. The van der Waals surface area contributed by atoms with Crippen molar-refractivity contribution in [1.82, 2.24) is 19.3 Å². The van der Waals surface area contributed by atoms with Crippen LogP contribution in [0.4, 0.5) is 0 Å². The number of likely N-dealkylation sites (tertiary alicyclic amines) is 1. The highest BCUT2D eigenvalue weighted by Crippen LogP contribution is 2.38. The van der Waals surface area contributed by atoms with E-state index in [9.17, 15) is 9.59 Å². The first kappa shape index (κ1) is 24.1. The average molecular weight is 558 g/mol. The van der Waals surface area contributed by atoms with Gasteiger partial charge in [-0.3, -0.25) is 19.0 Å². The van der Waals surface area contributed by atoms with Crippen LogP contribution >= 0.6 is 23.2 Å². The van der Waals surface area contributed by atoms with Gasteiger partial charge in [0.25, 0.3) is 11.8 Å². The van der Waals surface area contributed by atoms with Gasteiger partial charge in [-0.25, -0.2) is 4.98 Å². The van der Waals surface area contributed by atoms with Crippen LogP contribution in [0, 0.1) is 0 Å². The molecule has 2 N–H and O–H groups in total. The Bertz CT molecular complexity index is 1800. The van der Waals surface area contributed by atoms with Gasteiger partial charge in [0.1, 0.15) is 17.0 Å². The zero-order valence-electron chi connectivity index (χ0n) is 20.5. The Hall–Kier alpha value is -3.98. The molecular formula is C29H21Cl2N5O3. The maximum Gasteiger partial charge on any atom is 0.268 e. The summed E-state index contributed by atoms with van der Waals surface area (Å²) in [5.74, 6) is -0.632. The molecule has 0 aliphatic carbocycles. The molecule has 2 aromatic carbocycles. The van der Waals surface area contributed by atoms with Crippen molar-refractivity contribution in [3.05, 3.63) is 88.3 Å². The summed E-state index contributed by atoms with van der Waals surface area (Å²) in [6.07, 6.45) is 4.56. The van der Waals surface area contributed by atoms with Crippen LogP contribution in [-0.2, 0) is 4.74 Å². The number of nitrogens with zero attached hydrogens (tertiary/aromatic N) is 4. The molecule has 5 heterocycles. The monoisotopic (exact) mass is 557 g/mol. The number of hydrogen-bond donors (Lipinski definition) is 1. The Labute approximate surface area is 232 Å². The number of aromatic nitrogens is 3. The van der Waals surface area contributed by atoms with Gasteiger partial charge in [0.2, 0.25) is 0 Å².